The van der Waals surface area contributed by atoms with Gasteiger partial charge < -0.3 is 15.2 Å². The van der Waals surface area contributed by atoms with Crippen molar-refractivity contribution in [2.45, 2.75) is 35.7 Å². The minimum Gasteiger partial charge on any atom is -0.325 e. The third-order valence-corrected chi connectivity index (χ3v) is 10.5. The number of thiazole rings is 1. The van der Waals surface area contributed by atoms with Gasteiger partial charge in [0.05, 0.1) is 21.7 Å². The van der Waals surface area contributed by atoms with Crippen molar-refractivity contribution in [3.8, 4) is 0 Å². The maximum Gasteiger partial charge on any atom is 0.234 e. The second kappa shape index (κ2) is 13.8. The fraction of sp³-hybridized carbons (Fsp3) is 0.206. The van der Waals surface area contributed by atoms with E-state index in [-0.39, 0.29) is 23.3 Å². The molecule has 11 heteroatoms. The number of rotatable bonds is 11. The number of amides is 2. The minimum atomic E-state index is -0.129. The molecule has 0 radical (unpaired) electrons. The number of hydrogen-bond donors (Lipinski definition) is 2. The van der Waals surface area contributed by atoms with Crippen LogP contribution in [0, 0.1) is 0 Å². The summed E-state index contributed by atoms with van der Waals surface area (Å²) >= 11 is 4.26. The molecule has 2 N–H and O–H groups in total. The fourth-order valence-corrected chi connectivity index (χ4v) is 7.53. The molecule has 2 aromatic heterocycles. The quantitative estimate of drug-likeness (QED) is 0.138. The summed E-state index contributed by atoms with van der Waals surface area (Å²) in [6.45, 7) is 4.28. The van der Waals surface area contributed by atoms with Crippen molar-refractivity contribution in [2.75, 3.05) is 22.1 Å². The molecule has 0 aliphatic heterocycles. The van der Waals surface area contributed by atoms with E-state index in [1.165, 1.54) is 56.8 Å². The van der Waals surface area contributed by atoms with Gasteiger partial charge in [0.15, 0.2) is 9.50 Å². The van der Waals surface area contributed by atoms with Crippen molar-refractivity contribution in [2.24, 2.45) is 7.05 Å². The van der Waals surface area contributed by atoms with E-state index in [0.717, 1.165) is 26.1 Å². The van der Waals surface area contributed by atoms with Crippen LogP contribution in [0.1, 0.15) is 36.7 Å². The van der Waals surface area contributed by atoms with Crippen LogP contribution in [0.25, 0.3) is 21.0 Å². The Morgan fingerprint density at radius 2 is 1.56 bits per heavy atom. The summed E-state index contributed by atoms with van der Waals surface area (Å²) in [4.78, 5) is 30.0. The number of aromatic nitrogens is 4. The summed E-state index contributed by atoms with van der Waals surface area (Å²) in [7, 11) is 1.93. The number of fused-ring (bicyclic) bond motifs is 2. The second-order valence-electron chi connectivity index (χ2n) is 10.9. The van der Waals surface area contributed by atoms with Crippen LogP contribution in [0.3, 0.4) is 0 Å². The average Bonchev–Trinajstić information content (AvgIpc) is 3.61. The van der Waals surface area contributed by atoms with E-state index >= 15 is 0 Å². The molecule has 0 atom stereocenters. The van der Waals surface area contributed by atoms with Gasteiger partial charge in [0.2, 0.25) is 11.8 Å². The number of hydrogen-bond acceptors (Lipinski definition) is 8. The summed E-state index contributed by atoms with van der Waals surface area (Å²) in [6, 6.07) is 28.2. The van der Waals surface area contributed by atoms with E-state index in [1.54, 1.807) is 0 Å². The largest absolute Gasteiger partial charge is 0.325 e. The first kappa shape index (κ1) is 30.8. The number of anilines is 2. The molecule has 4 aromatic carbocycles. The van der Waals surface area contributed by atoms with E-state index in [4.69, 9.17) is 0 Å². The van der Waals surface area contributed by atoms with Gasteiger partial charge >= 0.3 is 0 Å². The topological polar surface area (TPSA) is 102 Å². The standard InChI is InChI=1S/C34H32N6O2S3/c1-21(2)22-11-13-25(14-12-22)35-32(42)20-44-34-37-28-16-15-26(18-29(28)45-34)36-31(41)19-43-33-39-38-30(40(33)3)17-24-9-6-8-23-7-4-5-10-27(23)24/h4-16,18,21H,17,19-20H2,1-3H3,(H,35,42)(H,36,41). The maximum absolute atomic E-state index is 12.8. The predicted octanol–water partition coefficient (Wildman–Crippen LogP) is 7.75. The van der Waals surface area contributed by atoms with Gasteiger partial charge in [-0.1, -0.05) is 92.0 Å². The van der Waals surface area contributed by atoms with E-state index in [0.29, 0.717) is 23.2 Å². The third-order valence-electron chi connectivity index (χ3n) is 7.33. The molecular formula is C34H32N6O2S3. The highest BCUT2D eigenvalue weighted by Crippen LogP contribution is 2.32. The maximum atomic E-state index is 12.8. The summed E-state index contributed by atoms with van der Waals surface area (Å²) < 4.78 is 3.69. The Labute approximate surface area is 274 Å². The monoisotopic (exact) mass is 652 g/mol. The lowest BCUT2D eigenvalue weighted by Gasteiger charge is -2.08. The van der Waals surface area contributed by atoms with E-state index in [2.05, 4.69) is 70.0 Å². The SMILES string of the molecule is CC(C)c1ccc(NC(=O)CSc2nc3ccc(NC(=O)CSc4nnc(Cc5cccc6ccccc56)n4C)cc3s2)cc1. The van der Waals surface area contributed by atoms with Gasteiger partial charge in [0.25, 0.3) is 0 Å². The number of nitrogens with one attached hydrogen (secondary N) is 2. The van der Waals surface area contributed by atoms with Gasteiger partial charge in [-0.3, -0.25) is 9.59 Å². The molecular weight excluding hydrogens is 621 g/mol. The number of carbonyl (C=O) groups excluding carboxylic acids is 2. The zero-order valence-electron chi connectivity index (χ0n) is 25.1. The number of benzene rings is 4. The molecule has 0 unspecified atom stereocenters. The number of nitrogens with zero attached hydrogens (tertiary/aromatic N) is 4. The highest BCUT2D eigenvalue weighted by molar-refractivity contribution is 8.01. The number of carbonyl (C=O) groups is 2. The Bertz CT molecular complexity index is 1980. The van der Waals surface area contributed by atoms with Crippen LogP contribution < -0.4 is 10.6 Å². The van der Waals surface area contributed by atoms with Crippen LogP contribution in [0.4, 0.5) is 11.4 Å². The van der Waals surface area contributed by atoms with Gasteiger partial charge in [0, 0.05) is 24.8 Å². The molecule has 0 saturated carbocycles. The molecule has 0 bridgehead atoms. The second-order valence-corrected chi connectivity index (χ2v) is 14.1. The Morgan fingerprint density at radius 1 is 0.844 bits per heavy atom. The molecule has 0 spiro atoms. The smallest absolute Gasteiger partial charge is 0.234 e. The van der Waals surface area contributed by atoms with Crippen LogP contribution in [-0.4, -0.2) is 43.1 Å². The van der Waals surface area contributed by atoms with Crippen molar-refractivity contribution < 1.29 is 9.59 Å². The first-order valence-corrected chi connectivity index (χ1v) is 17.3. The Kier molecular flexibility index (Phi) is 9.48. The molecule has 0 fully saturated rings. The lowest BCUT2D eigenvalue weighted by Crippen LogP contribution is -2.14. The van der Waals surface area contributed by atoms with Gasteiger partial charge in [-0.2, -0.15) is 0 Å². The lowest BCUT2D eigenvalue weighted by molar-refractivity contribution is -0.114. The van der Waals surface area contributed by atoms with Crippen molar-refractivity contribution in [3.63, 3.8) is 0 Å². The molecule has 0 saturated heterocycles. The highest BCUT2D eigenvalue weighted by Gasteiger charge is 2.14. The van der Waals surface area contributed by atoms with Crippen LogP contribution >= 0.6 is 34.9 Å². The van der Waals surface area contributed by atoms with Crippen LogP contribution in [-0.2, 0) is 23.1 Å². The molecule has 2 heterocycles. The molecule has 0 aliphatic rings. The Hall–Kier alpha value is -4.19. The van der Waals surface area contributed by atoms with Gasteiger partial charge in [-0.05, 0) is 58.1 Å². The van der Waals surface area contributed by atoms with Crippen molar-refractivity contribution >= 4 is 79.0 Å². The molecule has 228 valence electrons. The minimum absolute atomic E-state index is 0.0781. The first-order chi connectivity index (χ1) is 21.8. The van der Waals surface area contributed by atoms with Crippen LogP contribution in [0.5, 0.6) is 0 Å². The molecule has 2 amide bonds. The zero-order valence-corrected chi connectivity index (χ0v) is 27.6. The van der Waals surface area contributed by atoms with Gasteiger partial charge in [-0.25, -0.2) is 4.98 Å². The summed E-state index contributed by atoms with van der Waals surface area (Å²) in [6.07, 6.45) is 0.656. The third kappa shape index (κ3) is 7.55. The normalized spacial score (nSPS) is 11.4. The van der Waals surface area contributed by atoms with Crippen LogP contribution in [0.2, 0.25) is 0 Å². The van der Waals surface area contributed by atoms with Gasteiger partial charge in [0.1, 0.15) is 5.82 Å². The summed E-state index contributed by atoms with van der Waals surface area (Å²) in [5.74, 6) is 1.55. The number of thioether (sulfide) groups is 2. The van der Waals surface area contributed by atoms with Crippen molar-refractivity contribution in [1.82, 2.24) is 19.7 Å². The molecule has 0 aliphatic carbocycles. The molecule has 45 heavy (non-hydrogen) atoms. The van der Waals surface area contributed by atoms with Crippen molar-refractivity contribution in [1.29, 1.82) is 0 Å². The van der Waals surface area contributed by atoms with E-state index in [9.17, 15) is 9.59 Å². The molecule has 6 aromatic rings. The van der Waals surface area contributed by atoms with Crippen molar-refractivity contribution in [3.05, 3.63) is 102 Å². The zero-order chi connectivity index (χ0) is 31.3. The fourth-order valence-electron chi connectivity index (χ4n) is 4.89. The predicted molar refractivity (Wildman–Crippen MR) is 187 cm³/mol. The van der Waals surface area contributed by atoms with E-state index < -0.39 is 0 Å². The van der Waals surface area contributed by atoms with Gasteiger partial charge in [-0.15, -0.1) is 21.5 Å². The molecule has 6 rings (SSSR count). The Balaban J connectivity index is 1.01. The average molecular weight is 653 g/mol. The highest BCUT2D eigenvalue weighted by atomic mass is 32.2. The van der Waals surface area contributed by atoms with E-state index in [1.807, 2.05) is 66.2 Å². The van der Waals surface area contributed by atoms with Crippen LogP contribution in [0.15, 0.2) is 94.4 Å². The lowest BCUT2D eigenvalue weighted by atomic mass is 10.0. The molecule has 8 nitrogen and oxygen atoms in total. The summed E-state index contributed by atoms with van der Waals surface area (Å²) in [5, 5.41) is 17.8. The summed E-state index contributed by atoms with van der Waals surface area (Å²) in [5.41, 5.74) is 4.74. The first-order valence-electron chi connectivity index (χ1n) is 14.5. The Morgan fingerprint density at radius 3 is 2.36 bits per heavy atom.